The zero-order valence-electron chi connectivity index (χ0n) is 13.9. The van der Waals surface area contributed by atoms with Crippen molar-refractivity contribution < 1.29 is 4.79 Å². The molecule has 0 bridgehead atoms. The molecule has 0 aromatic heterocycles. The number of thioether (sulfide) groups is 2. The lowest BCUT2D eigenvalue weighted by Gasteiger charge is -2.30. The number of allylic oxidation sites excluding steroid dienone is 1. The van der Waals surface area contributed by atoms with E-state index in [1.54, 1.807) is 23.5 Å². The predicted octanol–water partition coefficient (Wildman–Crippen LogP) is 3.10. The smallest absolute Gasteiger partial charge is 0.237 e. The molecule has 1 unspecified atom stereocenters. The van der Waals surface area contributed by atoms with Gasteiger partial charge in [-0.1, -0.05) is 6.08 Å². The molecule has 128 valence electrons. The molecule has 1 atom stereocenters. The Morgan fingerprint density at radius 3 is 3.00 bits per heavy atom. The zero-order chi connectivity index (χ0) is 17.1. The van der Waals surface area contributed by atoms with Gasteiger partial charge in [0, 0.05) is 23.7 Å². The van der Waals surface area contributed by atoms with E-state index in [-0.39, 0.29) is 11.2 Å². The van der Waals surface area contributed by atoms with Gasteiger partial charge in [0.25, 0.3) is 0 Å². The molecule has 0 radical (unpaired) electrons. The molecule has 1 amide bonds. The van der Waals surface area contributed by atoms with Crippen LogP contribution >= 0.6 is 23.5 Å². The van der Waals surface area contributed by atoms with Crippen molar-refractivity contribution in [2.45, 2.75) is 16.6 Å². The number of carbonyl (C=O) groups excluding carboxylic acids is 1. The standard InChI is InChI=1S/C17H22N4OS2/c1-20(2)7-8-21-13-6-5-12(10-15(13)24-11-16(21)22)19-17(18)14-4-3-9-23-14/h3,5-6,9-10,14H,4,7-8,11H2,1-2H3,(H2,18,19). The second-order valence-electron chi connectivity index (χ2n) is 6.09. The van der Waals surface area contributed by atoms with Gasteiger partial charge in [-0.15, -0.1) is 23.5 Å². The first-order valence-electron chi connectivity index (χ1n) is 7.92. The summed E-state index contributed by atoms with van der Waals surface area (Å²) in [7, 11) is 4.03. The third-order valence-electron chi connectivity index (χ3n) is 3.96. The number of amides is 1. The average Bonchev–Trinajstić information content (AvgIpc) is 3.08. The van der Waals surface area contributed by atoms with E-state index in [1.165, 1.54) is 0 Å². The monoisotopic (exact) mass is 362 g/mol. The topological polar surface area (TPSA) is 59.4 Å². The van der Waals surface area contributed by atoms with Gasteiger partial charge in [-0.25, -0.2) is 0 Å². The van der Waals surface area contributed by atoms with E-state index in [1.807, 2.05) is 31.1 Å². The van der Waals surface area contributed by atoms with Crippen LogP contribution in [0, 0.1) is 5.41 Å². The normalized spacial score (nSPS) is 19.7. The van der Waals surface area contributed by atoms with Crippen molar-refractivity contribution in [2.24, 2.45) is 0 Å². The van der Waals surface area contributed by atoms with Crippen LogP contribution in [0.1, 0.15) is 6.42 Å². The van der Waals surface area contributed by atoms with Crippen LogP contribution in [0.4, 0.5) is 11.4 Å². The van der Waals surface area contributed by atoms with E-state index in [4.69, 9.17) is 5.41 Å². The summed E-state index contributed by atoms with van der Waals surface area (Å²) in [5.74, 6) is 1.17. The Balaban J connectivity index is 1.72. The Hall–Kier alpha value is -1.44. The summed E-state index contributed by atoms with van der Waals surface area (Å²) in [6, 6.07) is 6.00. The van der Waals surface area contributed by atoms with Crippen LogP contribution < -0.4 is 10.2 Å². The summed E-state index contributed by atoms with van der Waals surface area (Å²) in [4.78, 5) is 17.3. The third kappa shape index (κ3) is 3.96. The fourth-order valence-corrected chi connectivity index (χ4v) is 4.43. The Bertz CT molecular complexity index is 667. The Morgan fingerprint density at radius 1 is 1.46 bits per heavy atom. The SMILES string of the molecule is CN(C)CCN1C(=O)CSc2cc(NC(=N)C3CC=CS3)ccc21. The molecule has 2 aliphatic heterocycles. The number of carbonyl (C=O) groups is 1. The van der Waals surface area contributed by atoms with Gasteiger partial charge >= 0.3 is 0 Å². The van der Waals surface area contributed by atoms with Crippen molar-refractivity contribution in [1.82, 2.24) is 4.90 Å². The summed E-state index contributed by atoms with van der Waals surface area (Å²) in [5, 5.41) is 13.6. The highest BCUT2D eigenvalue weighted by Crippen LogP contribution is 2.37. The van der Waals surface area contributed by atoms with Crippen molar-refractivity contribution in [3.8, 4) is 0 Å². The number of hydrogen-bond donors (Lipinski definition) is 2. The van der Waals surface area contributed by atoms with Gasteiger partial charge in [-0.2, -0.15) is 0 Å². The van der Waals surface area contributed by atoms with E-state index in [0.29, 0.717) is 18.1 Å². The molecule has 7 heteroatoms. The van der Waals surface area contributed by atoms with Crippen molar-refractivity contribution in [1.29, 1.82) is 5.41 Å². The van der Waals surface area contributed by atoms with E-state index < -0.39 is 0 Å². The summed E-state index contributed by atoms with van der Waals surface area (Å²) >= 11 is 3.25. The van der Waals surface area contributed by atoms with Gasteiger partial charge in [0.15, 0.2) is 0 Å². The molecule has 24 heavy (non-hydrogen) atoms. The van der Waals surface area contributed by atoms with E-state index in [0.717, 1.165) is 29.2 Å². The number of likely N-dealkylation sites (N-methyl/N-ethyl adjacent to an activating group) is 1. The summed E-state index contributed by atoms with van der Waals surface area (Å²) in [6.07, 6.45) is 3.01. The molecule has 0 aliphatic carbocycles. The molecule has 3 rings (SSSR count). The Labute approximate surface area is 151 Å². The van der Waals surface area contributed by atoms with Gasteiger partial charge in [0.05, 0.1) is 16.7 Å². The lowest BCUT2D eigenvalue weighted by atomic mass is 10.2. The second kappa shape index (κ2) is 7.63. The van der Waals surface area contributed by atoms with Crippen LogP contribution in [0.5, 0.6) is 0 Å². The average molecular weight is 363 g/mol. The second-order valence-corrected chi connectivity index (χ2v) is 8.22. The van der Waals surface area contributed by atoms with Gasteiger partial charge in [-0.05, 0) is 44.1 Å². The molecule has 2 N–H and O–H groups in total. The fourth-order valence-electron chi connectivity index (χ4n) is 2.63. The Kier molecular flexibility index (Phi) is 5.53. The molecule has 2 heterocycles. The first-order valence-corrected chi connectivity index (χ1v) is 9.85. The van der Waals surface area contributed by atoms with Gasteiger partial charge in [-0.3, -0.25) is 10.2 Å². The highest BCUT2D eigenvalue weighted by atomic mass is 32.2. The van der Waals surface area contributed by atoms with Crippen molar-refractivity contribution >= 4 is 46.6 Å². The maximum absolute atomic E-state index is 12.2. The van der Waals surface area contributed by atoms with Crippen LogP contribution in [-0.2, 0) is 4.79 Å². The highest BCUT2D eigenvalue weighted by molar-refractivity contribution is 8.03. The molecule has 1 aromatic carbocycles. The predicted molar refractivity (Wildman–Crippen MR) is 105 cm³/mol. The number of hydrogen-bond acceptors (Lipinski definition) is 5. The molecule has 0 spiro atoms. The number of benzene rings is 1. The summed E-state index contributed by atoms with van der Waals surface area (Å²) < 4.78 is 0. The molecular weight excluding hydrogens is 340 g/mol. The van der Waals surface area contributed by atoms with E-state index in [9.17, 15) is 4.79 Å². The van der Waals surface area contributed by atoms with E-state index >= 15 is 0 Å². The lowest BCUT2D eigenvalue weighted by Crippen LogP contribution is -2.39. The minimum absolute atomic E-state index is 0.163. The number of nitrogens with zero attached hydrogens (tertiary/aromatic N) is 2. The van der Waals surface area contributed by atoms with Crippen LogP contribution in [-0.4, -0.2) is 54.8 Å². The maximum Gasteiger partial charge on any atom is 0.237 e. The van der Waals surface area contributed by atoms with Crippen LogP contribution in [0.25, 0.3) is 0 Å². The Morgan fingerprint density at radius 2 is 2.29 bits per heavy atom. The van der Waals surface area contributed by atoms with Crippen LogP contribution in [0.2, 0.25) is 0 Å². The third-order valence-corrected chi connectivity index (χ3v) is 6.10. The quantitative estimate of drug-likeness (QED) is 0.623. The summed E-state index contributed by atoms with van der Waals surface area (Å²) in [5.41, 5.74) is 1.90. The van der Waals surface area contributed by atoms with Gasteiger partial charge in [0.2, 0.25) is 5.91 Å². The highest BCUT2D eigenvalue weighted by Gasteiger charge is 2.25. The van der Waals surface area contributed by atoms with E-state index in [2.05, 4.69) is 27.8 Å². The number of anilines is 2. The number of nitrogens with one attached hydrogen (secondary N) is 2. The zero-order valence-corrected chi connectivity index (χ0v) is 15.5. The number of rotatable bonds is 5. The minimum Gasteiger partial charge on any atom is -0.343 e. The van der Waals surface area contributed by atoms with Crippen molar-refractivity contribution in [3.63, 3.8) is 0 Å². The molecule has 5 nitrogen and oxygen atoms in total. The molecule has 0 saturated heterocycles. The molecule has 0 fully saturated rings. The number of amidine groups is 1. The van der Waals surface area contributed by atoms with Crippen LogP contribution in [0.15, 0.2) is 34.6 Å². The summed E-state index contributed by atoms with van der Waals surface area (Å²) in [6.45, 7) is 1.54. The fraction of sp³-hybridized carbons (Fsp3) is 0.412. The first-order chi connectivity index (χ1) is 11.5. The molecule has 1 aromatic rings. The minimum atomic E-state index is 0.163. The number of fused-ring (bicyclic) bond motifs is 1. The molecule has 0 saturated carbocycles. The van der Waals surface area contributed by atoms with Crippen molar-refractivity contribution in [2.75, 3.05) is 43.2 Å². The maximum atomic E-state index is 12.2. The largest absolute Gasteiger partial charge is 0.343 e. The van der Waals surface area contributed by atoms with Crippen LogP contribution in [0.3, 0.4) is 0 Å². The van der Waals surface area contributed by atoms with Gasteiger partial charge in [0.1, 0.15) is 5.84 Å². The lowest BCUT2D eigenvalue weighted by molar-refractivity contribution is -0.116. The van der Waals surface area contributed by atoms with Crippen molar-refractivity contribution in [3.05, 3.63) is 29.7 Å². The van der Waals surface area contributed by atoms with Gasteiger partial charge < -0.3 is 15.1 Å². The first kappa shape index (κ1) is 17.4. The molecule has 2 aliphatic rings. The molecular formula is C17H22N4OS2.